The minimum absolute atomic E-state index is 0.0961. The molecule has 0 aromatic heterocycles. The van der Waals surface area contributed by atoms with Crippen LogP contribution < -0.4 is 5.32 Å². The van der Waals surface area contributed by atoms with Gasteiger partial charge in [0.1, 0.15) is 5.60 Å². The fourth-order valence-corrected chi connectivity index (χ4v) is 2.87. The maximum absolute atomic E-state index is 11.6. The first-order valence-corrected chi connectivity index (χ1v) is 10.7. The van der Waals surface area contributed by atoms with E-state index in [1.165, 1.54) is 0 Å². The van der Waals surface area contributed by atoms with Gasteiger partial charge in [-0.15, -0.1) is 0 Å². The highest BCUT2D eigenvalue weighted by Crippen LogP contribution is 2.10. The smallest absolute Gasteiger partial charge is 0.407 e. The van der Waals surface area contributed by atoms with Crippen molar-refractivity contribution >= 4 is 26.3 Å². The molecule has 0 aliphatic rings. The van der Waals surface area contributed by atoms with Crippen LogP contribution in [0, 0.1) is 0 Å². The lowest BCUT2D eigenvalue weighted by atomic mass is 10.1. The number of hydrogen-bond donors (Lipinski definition) is 1. The quantitative estimate of drug-likeness (QED) is 0.409. The van der Waals surface area contributed by atoms with Gasteiger partial charge in [0.2, 0.25) is 0 Å². The molecule has 0 saturated heterocycles. The molecule has 0 heterocycles. The van der Waals surface area contributed by atoms with Gasteiger partial charge in [0.25, 0.3) is 20.2 Å². The van der Waals surface area contributed by atoms with E-state index in [9.17, 15) is 21.6 Å². The Kier molecular flexibility index (Phi) is 8.78. The van der Waals surface area contributed by atoms with Gasteiger partial charge in [-0.3, -0.25) is 8.37 Å². The zero-order valence-corrected chi connectivity index (χ0v) is 17.0. The second-order valence-corrected chi connectivity index (χ2v) is 10.0. The second-order valence-electron chi connectivity index (χ2n) is 6.78. The predicted octanol–water partition coefficient (Wildman–Crippen LogP) is 0.586. The molecule has 25 heavy (non-hydrogen) atoms. The molecule has 0 fully saturated rings. The maximum Gasteiger partial charge on any atom is 0.407 e. The molecule has 150 valence electrons. The van der Waals surface area contributed by atoms with Crippen molar-refractivity contribution in [2.45, 2.75) is 45.8 Å². The molecule has 1 N–H and O–H groups in total. The number of hydrogen-bond acceptors (Lipinski definition) is 9. The Labute approximate surface area is 149 Å². The minimum Gasteiger partial charge on any atom is -0.444 e. The van der Waals surface area contributed by atoms with Gasteiger partial charge in [-0.2, -0.15) is 16.8 Å². The van der Waals surface area contributed by atoms with E-state index < -0.39 is 43.5 Å². The third kappa shape index (κ3) is 15.1. The highest BCUT2D eigenvalue weighted by Gasteiger charge is 2.23. The topological polar surface area (TPSA) is 134 Å². The van der Waals surface area contributed by atoms with Gasteiger partial charge in [-0.25, -0.2) is 4.79 Å². The highest BCUT2D eigenvalue weighted by molar-refractivity contribution is 7.89. The van der Waals surface area contributed by atoms with Gasteiger partial charge in [0, 0.05) is 6.54 Å². The third-order valence-electron chi connectivity index (χ3n) is 2.30. The SMILES string of the molecule is CC(C)(C)OC(=O)NCC(C)(C)OCCOS(=O)(=O)COS(C)(=O)=O. The van der Waals surface area contributed by atoms with E-state index in [2.05, 4.69) is 13.7 Å². The summed E-state index contributed by atoms with van der Waals surface area (Å²) in [6.45, 7) is 8.29. The number of alkyl carbamates (subject to hydrolysis) is 1. The predicted molar refractivity (Wildman–Crippen MR) is 89.9 cm³/mol. The summed E-state index contributed by atoms with van der Waals surface area (Å²) in [6, 6.07) is 0. The lowest BCUT2D eigenvalue weighted by Crippen LogP contribution is -2.43. The lowest BCUT2D eigenvalue weighted by Gasteiger charge is -2.27. The number of carbonyl (C=O) groups excluding carboxylic acids is 1. The number of amides is 1. The Bertz CT molecular complexity index is 633. The fourth-order valence-electron chi connectivity index (χ4n) is 1.31. The molecular weight excluding hydrogens is 378 g/mol. The van der Waals surface area contributed by atoms with Crippen LogP contribution >= 0.6 is 0 Å². The lowest BCUT2D eigenvalue weighted by molar-refractivity contribution is -0.0298. The summed E-state index contributed by atoms with van der Waals surface area (Å²) >= 11 is 0. The van der Waals surface area contributed by atoms with Crippen LogP contribution in [-0.4, -0.2) is 66.1 Å². The van der Waals surface area contributed by atoms with Gasteiger partial charge in [-0.05, 0) is 34.6 Å². The van der Waals surface area contributed by atoms with Crippen LogP contribution in [-0.2, 0) is 38.1 Å². The van der Waals surface area contributed by atoms with Crippen LogP contribution in [0.15, 0.2) is 0 Å². The van der Waals surface area contributed by atoms with E-state index in [1.54, 1.807) is 34.6 Å². The Balaban J connectivity index is 4.15. The van der Waals surface area contributed by atoms with Gasteiger partial charge in [0.05, 0.1) is 25.1 Å². The van der Waals surface area contributed by atoms with E-state index in [0.29, 0.717) is 0 Å². The molecule has 0 aromatic rings. The maximum atomic E-state index is 11.6. The number of nitrogens with one attached hydrogen (secondary N) is 1. The standard InChI is InChI=1S/C13H27NO9S2/c1-12(2,3)23-11(15)14-9-13(4,5)20-7-8-21-25(18,19)10-22-24(6,16)17/h7-10H2,1-6H3,(H,14,15). The summed E-state index contributed by atoms with van der Waals surface area (Å²) < 4.78 is 63.5. The van der Waals surface area contributed by atoms with E-state index in [0.717, 1.165) is 6.26 Å². The Morgan fingerprint density at radius 3 is 2.00 bits per heavy atom. The van der Waals surface area contributed by atoms with Crippen LogP contribution in [0.1, 0.15) is 34.6 Å². The van der Waals surface area contributed by atoms with Crippen molar-refractivity contribution in [1.82, 2.24) is 5.32 Å². The average Bonchev–Trinajstić information content (AvgIpc) is 2.37. The largest absolute Gasteiger partial charge is 0.444 e. The van der Waals surface area contributed by atoms with E-state index in [-0.39, 0.29) is 19.8 Å². The van der Waals surface area contributed by atoms with Crippen LogP contribution in [0.3, 0.4) is 0 Å². The van der Waals surface area contributed by atoms with Crippen molar-refractivity contribution < 1.29 is 39.5 Å². The Hall–Kier alpha value is -0.950. The fraction of sp³-hybridized carbons (Fsp3) is 0.923. The molecule has 0 bridgehead atoms. The van der Waals surface area contributed by atoms with Gasteiger partial charge in [0.15, 0.2) is 5.94 Å². The van der Waals surface area contributed by atoms with Crippen LogP contribution in [0.5, 0.6) is 0 Å². The molecule has 0 spiro atoms. The first kappa shape index (κ1) is 24.1. The molecule has 0 radical (unpaired) electrons. The normalized spacial score (nSPS) is 13.5. The summed E-state index contributed by atoms with van der Waals surface area (Å²) in [6.07, 6.45) is 0.132. The summed E-state index contributed by atoms with van der Waals surface area (Å²) in [5.41, 5.74) is -1.42. The zero-order valence-electron chi connectivity index (χ0n) is 15.3. The summed E-state index contributed by atoms with van der Waals surface area (Å²) in [7, 11) is -8.03. The molecule has 12 heteroatoms. The third-order valence-corrected chi connectivity index (χ3v) is 3.93. The van der Waals surface area contributed by atoms with Crippen molar-refractivity contribution in [2.24, 2.45) is 0 Å². The summed E-state index contributed by atoms with van der Waals surface area (Å²) in [5, 5.41) is 2.54. The van der Waals surface area contributed by atoms with Crippen LogP contribution in [0.2, 0.25) is 0 Å². The molecule has 0 unspecified atom stereocenters. The minimum atomic E-state index is -4.15. The van der Waals surface area contributed by atoms with Crippen molar-refractivity contribution in [2.75, 3.05) is 32.0 Å². The molecule has 1 amide bonds. The molecule has 0 rings (SSSR count). The molecule has 0 aromatic carbocycles. The van der Waals surface area contributed by atoms with Crippen molar-refractivity contribution in [1.29, 1.82) is 0 Å². The van der Waals surface area contributed by atoms with Gasteiger partial charge >= 0.3 is 6.09 Å². The number of carbonyl (C=O) groups is 1. The Morgan fingerprint density at radius 2 is 1.52 bits per heavy atom. The molecule has 0 saturated carbocycles. The highest BCUT2D eigenvalue weighted by atomic mass is 32.2. The number of ether oxygens (including phenoxy) is 2. The molecule has 0 aliphatic carbocycles. The molecular formula is C13H27NO9S2. The van der Waals surface area contributed by atoms with E-state index >= 15 is 0 Å². The zero-order chi connectivity index (χ0) is 19.9. The van der Waals surface area contributed by atoms with E-state index in [1.807, 2.05) is 0 Å². The van der Waals surface area contributed by atoms with Gasteiger partial charge < -0.3 is 14.8 Å². The number of rotatable bonds is 10. The molecule has 0 atom stereocenters. The van der Waals surface area contributed by atoms with Crippen LogP contribution in [0.4, 0.5) is 4.79 Å². The van der Waals surface area contributed by atoms with Crippen molar-refractivity contribution in [3.05, 3.63) is 0 Å². The summed E-state index contributed by atoms with van der Waals surface area (Å²) in [4.78, 5) is 11.6. The monoisotopic (exact) mass is 405 g/mol. The first-order chi connectivity index (χ1) is 11.0. The van der Waals surface area contributed by atoms with E-state index in [4.69, 9.17) is 9.47 Å². The second kappa shape index (κ2) is 9.12. The van der Waals surface area contributed by atoms with Gasteiger partial charge in [-0.1, -0.05) is 0 Å². The van der Waals surface area contributed by atoms with Crippen molar-refractivity contribution in [3.8, 4) is 0 Å². The Morgan fingerprint density at radius 1 is 0.960 bits per heavy atom. The average molecular weight is 405 g/mol. The van der Waals surface area contributed by atoms with Crippen molar-refractivity contribution in [3.63, 3.8) is 0 Å². The molecule has 10 nitrogen and oxygen atoms in total. The summed E-state index contributed by atoms with van der Waals surface area (Å²) in [5.74, 6) is -1.10. The molecule has 0 aliphatic heterocycles. The first-order valence-electron chi connectivity index (χ1n) is 7.34. The van der Waals surface area contributed by atoms with Crippen LogP contribution in [0.25, 0.3) is 0 Å².